The van der Waals surface area contributed by atoms with Crippen molar-refractivity contribution in [3.63, 3.8) is 0 Å². The zero-order chi connectivity index (χ0) is 14.8. The lowest BCUT2D eigenvalue weighted by Crippen LogP contribution is -2.46. The molecule has 1 heterocycles. The van der Waals surface area contributed by atoms with Crippen LogP contribution in [0, 0.1) is 0 Å². The second-order valence-corrected chi connectivity index (χ2v) is 6.02. The largest absolute Gasteiger partial charge is 0.386 e. The number of hydrogen-bond donors (Lipinski definition) is 1. The van der Waals surface area contributed by atoms with Gasteiger partial charge in [-0.2, -0.15) is 5.06 Å². The molecule has 1 aromatic carbocycles. The average Bonchev–Trinajstić information content (AvgIpc) is 2.38. The Morgan fingerprint density at radius 1 is 1.30 bits per heavy atom. The van der Waals surface area contributed by atoms with E-state index in [4.69, 9.17) is 4.84 Å². The highest BCUT2D eigenvalue weighted by Gasteiger charge is 2.37. The molecule has 108 valence electrons. The fourth-order valence-corrected chi connectivity index (χ4v) is 2.43. The molecular weight excluding hydrogens is 254 g/mol. The zero-order valence-corrected chi connectivity index (χ0v) is 12.2. The van der Waals surface area contributed by atoms with E-state index in [1.54, 1.807) is 5.06 Å². The van der Waals surface area contributed by atoms with E-state index in [1.165, 1.54) is 0 Å². The minimum Gasteiger partial charge on any atom is -0.386 e. The molecule has 1 saturated heterocycles. The summed E-state index contributed by atoms with van der Waals surface area (Å²) in [6, 6.07) is 9.23. The second kappa shape index (κ2) is 5.90. The van der Waals surface area contributed by atoms with Crippen LogP contribution < -0.4 is 0 Å². The lowest BCUT2D eigenvalue weighted by molar-refractivity contribution is -0.268. The predicted octanol–water partition coefficient (Wildman–Crippen LogP) is 2.28. The van der Waals surface area contributed by atoms with Crippen LogP contribution in [0.2, 0.25) is 0 Å². The maximum absolute atomic E-state index is 11.0. The van der Waals surface area contributed by atoms with Gasteiger partial charge in [0.25, 0.3) is 0 Å². The van der Waals surface area contributed by atoms with Crippen LogP contribution in [0.25, 0.3) is 0 Å². The highest BCUT2D eigenvalue weighted by atomic mass is 16.7. The first-order chi connectivity index (χ1) is 9.42. The highest BCUT2D eigenvalue weighted by molar-refractivity contribution is 5.55. The lowest BCUT2D eigenvalue weighted by atomic mass is 9.91. The summed E-state index contributed by atoms with van der Waals surface area (Å²) in [7, 11) is 0. The molecule has 0 aliphatic carbocycles. The van der Waals surface area contributed by atoms with Crippen LogP contribution >= 0.6 is 0 Å². The lowest BCUT2D eigenvalue weighted by Gasteiger charge is -2.41. The fourth-order valence-electron chi connectivity index (χ4n) is 2.43. The summed E-state index contributed by atoms with van der Waals surface area (Å²) in [5.74, 6) is 1.87. The van der Waals surface area contributed by atoms with E-state index in [0.29, 0.717) is 18.5 Å². The number of hydroxylamine groups is 2. The summed E-state index contributed by atoms with van der Waals surface area (Å²) in [4.78, 5) is 16.9. The van der Waals surface area contributed by atoms with E-state index in [1.807, 2.05) is 57.0 Å². The normalized spacial score (nSPS) is 24.5. The molecule has 1 aliphatic heterocycles. The smallest absolute Gasteiger partial charge is 0.126 e. The Bertz CT molecular complexity index is 500. The number of benzene rings is 1. The molecule has 0 spiro atoms. The van der Waals surface area contributed by atoms with Gasteiger partial charge in [-0.1, -0.05) is 30.3 Å². The number of hydrogen-bond acceptors (Lipinski definition) is 4. The molecule has 0 radical (unpaired) electrons. The molecule has 0 amide bonds. The van der Waals surface area contributed by atoms with Gasteiger partial charge in [-0.15, -0.1) is 0 Å². The molecule has 1 N–H and O–H groups in total. The predicted molar refractivity (Wildman–Crippen MR) is 76.6 cm³/mol. The molecule has 4 heteroatoms. The summed E-state index contributed by atoms with van der Waals surface area (Å²) in [5, 5.41) is 12.2. The molecule has 4 nitrogen and oxygen atoms in total. The first-order valence-electron chi connectivity index (χ1n) is 6.85. The summed E-state index contributed by atoms with van der Waals surface area (Å²) in [6.07, 6.45) is -0.407. The average molecular weight is 275 g/mol. The van der Waals surface area contributed by atoms with Crippen molar-refractivity contribution in [3.05, 3.63) is 41.5 Å². The zero-order valence-electron chi connectivity index (χ0n) is 12.2. The van der Waals surface area contributed by atoms with Gasteiger partial charge in [-0.25, -0.2) is 4.79 Å². The summed E-state index contributed by atoms with van der Waals surface area (Å²) < 4.78 is 0. The third-order valence-corrected chi connectivity index (χ3v) is 3.23. The summed E-state index contributed by atoms with van der Waals surface area (Å²) in [6.45, 7) is 6.46. The van der Waals surface area contributed by atoms with Crippen LogP contribution in [-0.4, -0.2) is 34.4 Å². The van der Waals surface area contributed by atoms with Gasteiger partial charge in [0.2, 0.25) is 0 Å². The van der Waals surface area contributed by atoms with Crippen molar-refractivity contribution in [3.8, 4) is 0 Å². The molecule has 1 aliphatic rings. The highest BCUT2D eigenvalue weighted by Crippen LogP contribution is 2.35. The van der Waals surface area contributed by atoms with Crippen LogP contribution in [-0.2, 0) is 9.63 Å². The van der Waals surface area contributed by atoms with Gasteiger partial charge in [0.15, 0.2) is 0 Å². The second-order valence-electron chi connectivity index (χ2n) is 6.02. The van der Waals surface area contributed by atoms with Gasteiger partial charge in [0.05, 0.1) is 11.6 Å². The van der Waals surface area contributed by atoms with Crippen molar-refractivity contribution in [2.45, 2.75) is 44.9 Å². The maximum atomic E-state index is 11.0. The van der Waals surface area contributed by atoms with E-state index < -0.39 is 6.10 Å². The van der Waals surface area contributed by atoms with Gasteiger partial charge >= 0.3 is 0 Å². The number of carbonyl (C=O) groups excluding carboxylic acids is 1. The third kappa shape index (κ3) is 3.35. The molecule has 0 unspecified atom stereocenters. The van der Waals surface area contributed by atoms with Gasteiger partial charge in [0, 0.05) is 12.1 Å². The Morgan fingerprint density at radius 3 is 2.50 bits per heavy atom. The fraction of sp³-hybridized carbons (Fsp3) is 0.500. The minimum absolute atomic E-state index is 0.352. The number of nitrogens with zero attached hydrogens (tertiary/aromatic N) is 1. The molecular formula is C16H21NO3. The molecule has 0 saturated carbocycles. The van der Waals surface area contributed by atoms with Crippen LogP contribution in [0.15, 0.2) is 35.9 Å². The Morgan fingerprint density at radius 2 is 1.95 bits per heavy atom. The molecule has 0 aromatic heterocycles. The number of aliphatic hydroxyl groups excluding tert-OH is 1. The van der Waals surface area contributed by atoms with Crippen LogP contribution in [0.3, 0.4) is 0 Å². The van der Waals surface area contributed by atoms with Crippen molar-refractivity contribution < 1.29 is 14.7 Å². The van der Waals surface area contributed by atoms with Crippen molar-refractivity contribution in [2.75, 3.05) is 6.54 Å². The van der Waals surface area contributed by atoms with Gasteiger partial charge < -0.3 is 5.11 Å². The number of aliphatic hydroxyl groups is 1. The van der Waals surface area contributed by atoms with Gasteiger partial charge in [-0.05, 0) is 32.8 Å². The van der Waals surface area contributed by atoms with E-state index in [-0.39, 0.29) is 11.6 Å². The van der Waals surface area contributed by atoms with Crippen molar-refractivity contribution in [1.82, 2.24) is 5.06 Å². The topological polar surface area (TPSA) is 49.8 Å². The first-order valence-corrected chi connectivity index (χ1v) is 6.85. The molecule has 2 rings (SSSR count). The number of piperidine rings is 1. The monoisotopic (exact) mass is 275 g/mol. The van der Waals surface area contributed by atoms with Crippen molar-refractivity contribution in [1.29, 1.82) is 0 Å². The Balaban J connectivity index is 2.34. The van der Waals surface area contributed by atoms with E-state index in [0.717, 1.165) is 5.56 Å². The molecule has 0 bridgehead atoms. The molecule has 1 aromatic rings. The van der Waals surface area contributed by atoms with Crippen LogP contribution in [0.4, 0.5) is 0 Å². The van der Waals surface area contributed by atoms with Gasteiger partial charge in [-0.3, -0.25) is 4.84 Å². The van der Waals surface area contributed by atoms with E-state index in [2.05, 4.69) is 0 Å². The Hall–Kier alpha value is -1.45. The maximum Gasteiger partial charge on any atom is 0.126 e. The summed E-state index contributed by atoms with van der Waals surface area (Å²) in [5.41, 5.74) is 0.985. The van der Waals surface area contributed by atoms with E-state index >= 15 is 0 Å². The molecule has 20 heavy (non-hydrogen) atoms. The summed E-state index contributed by atoms with van der Waals surface area (Å²) >= 11 is 0. The van der Waals surface area contributed by atoms with E-state index in [9.17, 15) is 9.90 Å². The van der Waals surface area contributed by atoms with Crippen LogP contribution in [0.1, 0.15) is 38.8 Å². The van der Waals surface area contributed by atoms with Crippen molar-refractivity contribution in [2.24, 2.45) is 0 Å². The minimum atomic E-state index is -0.883. The Labute approximate surface area is 119 Å². The number of rotatable bonds is 2. The first kappa shape index (κ1) is 14.9. The molecule has 1 fully saturated rings. The van der Waals surface area contributed by atoms with Crippen LogP contribution in [0.5, 0.6) is 0 Å². The third-order valence-electron chi connectivity index (χ3n) is 3.23. The standard InChI is InChI=1S/C16H21NO3/c1-16(2,3)20-17-10-9-13(11-18)15(19)14(17)12-7-5-4-6-8-12/h4-8,14-15,19H,9-10H2,1-3H3/t14-,15+/m0/s1. The van der Waals surface area contributed by atoms with Gasteiger partial charge in [0.1, 0.15) is 12.0 Å². The van der Waals surface area contributed by atoms with Crippen molar-refractivity contribution >= 4 is 5.94 Å². The molecule has 2 atom stereocenters. The Kier molecular flexibility index (Phi) is 4.41. The quantitative estimate of drug-likeness (QED) is 0.841. The SMILES string of the molecule is CC(C)(C)ON1CCC(=C=O)[C@@H](O)[C@@H]1c1ccccc1.